The Hall–Kier alpha value is -1.42. The van der Waals surface area contributed by atoms with Gasteiger partial charge >= 0.3 is 0 Å². The SMILES string of the molecule is C=CCCC1CCC(C2CCC(C3CCC(C4CCC(c5ccc(OCC)c(F)c5F)CO4)CC3)CC2)CC1. The van der Waals surface area contributed by atoms with E-state index >= 15 is 0 Å². The molecule has 4 aliphatic rings. The predicted octanol–water partition coefficient (Wildman–Crippen LogP) is 10.0. The van der Waals surface area contributed by atoms with Crippen molar-refractivity contribution in [1.82, 2.24) is 0 Å². The topological polar surface area (TPSA) is 18.5 Å². The normalized spacial score (nSPS) is 35.9. The average Bonchev–Trinajstić information content (AvgIpc) is 2.99. The van der Waals surface area contributed by atoms with E-state index in [4.69, 9.17) is 9.47 Å². The summed E-state index contributed by atoms with van der Waals surface area (Å²) in [6.45, 7) is 6.49. The molecule has 4 heteroatoms. The molecular formula is C35H52F2O2. The van der Waals surface area contributed by atoms with Crippen molar-refractivity contribution < 1.29 is 18.3 Å². The van der Waals surface area contributed by atoms with E-state index in [0.29, 0.717) is 24.7 Å². The van der Waals surface area contributed by atoms with Crippen LogP contribution in [0, 0.1) is 47.1 Å². The van der Waals surface area contributed by atoms with Crippen molar-refractivity contribution in [1.29, 1.82) is 0 Å². The summed E-state index contributed by atoms with van der Waals surface area (Å²) in [5.41, 5.74) is 0.439. The Labute approximate surface area is 236 Å². The van der Waals surface area contributed by atoms with Gasteiger partial charge < -0.3 is 9.47 Å². The monoisotopic (exact) mass is 542 g/mol. The van der Waals surface area contributed by atoms with Gasteiger partial charge in [0.15, 0.2) is 11.6 Å². The largest absolute Gasteiger partial charge is 0.491 e. The van der Waals surface area contributed by atoms with E-state index in [1.807, 2.05) is 0 Å². The van der Waals surface area contributed by atoms with Gasteiger partial charge in [-0.15, -0.1) is 6.58 Å². The standard InChI is InChI=1S/C35H52F2O2/c1-3-5-6-24-7-9-25(10-8-24)26-11-13-27(14-12-26)28-15-17-29(18-16-28)32-21-19-30(23-39-32)31-20-22-33(38-4-2)35(37)34(31)36/h3,20,22,24-30,32H,1,4-19,21,23H2,2H3. The molecule has 1 heterocycles. The molecule has 0 N–H and O–H groups in total. The zero-order valence-corrected chi connectivity index (χ0v) is 24.4. The number of allylic oxidation sites excluding steroid dienone is 1. The number of hydrogen-bond donors (Lipinski definition) is 0. The lowest BCUT2D eigenvalue weighted by atomic mass is 9.64. The molecule has 1 aromatic rings. The quantitative estimate of drug-likeness (QED) is 0.289. The summed E-state index contributed by atoms with van der Waals surface area (Å²) >= 11 is 0. The molecule has 0 radical (unpaired) electrons. The first-order valence-electron chi connectivity index (χ1n) is 16.4. The van der Waals surface area contributed by atoms with Crippen molar-refractivity contribution in [3.63, 3.8) is 0 Å². The number of halogens is 2. The van der Waals surface area contributed by atoms with Crippen LogP contribution in [0.5, 0.6) is 5.75 Å². The minimum absolute atomic E-state index is 0.000590. The Morgan fingerprint density at radius 1 is 0.769 bits per heavy atom. The van der Waals surface area contributed by atoms with Gasteiger partial charge in [0.1, 0.15) is 0 Å². The first-order valence-corrected chi connectivity index (χ1v) is 16.4. The zero-order chi connectivity index (χ0) is 27.2. The van der Waals surface area contributed by atoms with Crippen LogP contribution < -0.4 is 4.74 Å². The highest BCUT2D eigenvalue weighted by Gasteiger charge is 2.37. The summed E-state index contributed by atoms with van der Waals surface area (Å²) < 4.78 is 40.6. The molecule has 2 atom stereocenters. The molecule has 3 aliphatic carbocycles. The molecule has 1 aromatic carbocycles. The molecule has 1 aliphatic heterocycles. The fourth-order valence-electron chi connectivity index (χ4n) is 8.90. The molecule has 4 fully saturated rings. The summed E-state index contributed by atoms with van der Waals surface area (Å²) in [5.74, 6) is 3.75. The van der Waals surface area contributed by atoms with Crippen LogP contribution in [-0.2, 0) is 4.74 Å². The summed E-state index contributed by atoms with van der Waals surface area (Å²) in [6.07, 6.45) is 23.8. The van der Waals surface area contributed by atoms with Crippen LogP contribution in [0.15, 0.2) is 24.8 Å². The highest BCUT2D eigenvalue weighted by atomic mass is 19.2. The first-order chi connectivity index (χ1) is 19.1. The van der Waals surface area contributed by atoms with E-state index < -0.39 is 11.6 Å². The van der Waals surface area contributed by atoms with Crippen LogP contribution in [0.2, 0.25) is 0 Å². The Kier molecular flexibility index (Phi) is 10.4. The molecule has 1 saturated heterocycles. The summed E-state index contributed by atoms with van der Waals surface area (Å²) in [6, 6.07) is 3.25. The molecule has 0 spiro atoms. The van der Waals surface area contributed by atoms with E-state index in [9.17, 15) is 8.78 Å². The zero-order valence-electron chi connectivity index (χ0n) is 24.4. The van der Waals surface area contributed by atoms with Crippen molar-refractivity contribution in [2.45, 2.75) is 122 Å². The Morgan fingerprint density at radius 2 is 1.33 bits per heavy atom. The number of hydrogen-bond acceptors (Lipinski definition) is 2. The van der Waals surface area contributed by atoms with Crippen LogP contribution in [0.4, 0.5) is 8.78 Å². The highest BCUT2D eigenvalue weighted by molar-refractivity contribution is 5.33. The molecule has 218 valence electrons. The second kappa shape index (κ2) is 14.0. The van der Waals surface area contributed by atoms with Gasteiger partial charge in [-0.1, -0.05) is 25.0 Å². The summed E-state index contributed by atoms with van der Waals surface area (Å²) in [7, 11) is 0. The molecule has 0 bridgehead atoms. The minimum atomic E-state index is -0.865. The van der Waals surface area contributed by atoms with E-state index in [0.717, 1.165) is 42.4 Å². The van der Waals surface area contributed by atoms with Crippen molar-refractivity contribution in [2.24, 2.45) is 35.5 Å². The van der Waals surface area contributed by atoms with Crippen molar-refractivity contribution in [3.8, 4) is 5.75 Å². The van der Waals surface area contributed by atoms with Crippen molar-refractivity contribution >= 4 is 0 Å². The Bertz CT molecular complexity index is 899. The van der Waals surface area contributed by atoms with Crippen LogP contribution >= 0.6 is 0 Å². The maximum absolute atomic E-state index is 14.7. The second-order valence-corrected chi connectivity index (χ2v) is 13.4. The molecule has 0 aromatic heterocycles. The summed E-state index contributed by atoms with van der Waals surface area (Å²) in [4.78, 5) is 0. The second-order valence-electron chi connectivity index (χ2n) is 13.4. The van der Waals surface area contributed by atoms with Gasteiger partial charge in [0.05, 0.1) is 19.3 Å². The van der Waals surface area contributed by atoms with Gasteiger partial charge in [0, 0.05) is 5.92 Å². The lowest BCUT2D eigenvalue weighted by Gasteiger charge is -2.43. The van der Waals surface area contributed by atoms with Gasteiger partial charge in [-0.2, -0.15) is 4.39 Å². The Balaban J connectivity index is 1.02. The smallest absolute Gasteiger partial charge is 0.200 e. The van der Waals surface area contributed by atoms with Crippen LogP contribution in [-0.4, -0.2) is 19.3 Å². The third-order valence-corrected chi connectivity index (χ3v) is 11.3. The van der Waals surface area contributed by atoms with E-state index in [2.05, 4.69) is 12.7 Å². The molecule has 0 amide bonds. The van der Waals surface area contributed by atoms with Crippen LogP contribution in [0.3, 0.4) is 0 Å². The lowest BCUT2D eigenvalue weighted by Crippen LogP contribution is -2.35. The molecular weight excluding hydrogens is 490 g/mol. The fourth-order valence-corrected chi connectivity index (χ4v) is 8.90. The van der Waals surface area contributed by atoms with Gasteiger partial charge in [0.2, 0.25) is 5.82 Å². The molecule has 2 unspecified atom stereocenters. The lowest BCUT2D eigenvalue weighted by molar-refractivity contribution is -0.0471. The van der Waals surface area contributed by atoms with Crippen LogP contribution in [0.1, 0.15) is 121 Å². The van der Waals surface area contributed by atoms with Gasteiger partial charge in [-0.3, -0.25) is 0 Å². The van der Waals surface area contributed by atoms with Crippen molar-refractivity contribution in [2.75, 3.05) is 13.2 Å². The van der Waals surface area contributed by atoms with Gasteiger partial charge in [-0.05, 0) is 144 Å². The third kappa shape index (κ3) is 7.08. The maximum atomic E-state index is 14.7. The predicted molar refractivity (Wildman–Crippen MR) is 155 cm³/mol. The minimum Gasteiger partial charge on any atom is -0.491 e. The fraction of sp³-hybridized carbons (Fsp3) is 0.771. The molecule has 39 heavy (non-hydrogen) atoms. The van der Waals surface area contributed by atoms with E-state index in [1.54, 1.807) is 19.1 Å². The Morgan fingerprint density at radius 3 is 1.85 bits per heavy atom. The number of benzene rings is 1. The highest BCUT2D eigenvalue weighted by Crippen LogP contribution is 2.47. The molecule has 3 saturated carbocycles. The summed E-state index contributed by atoms with van der Waals surface area (Å²) in [5, 5.41) is 0. The van der Waals surface area contributed by atoms with Crippen molar-refractivity contribution in [3.05, 3.63) is 42.0 Å². The number of rotatable bonds is 9. The number of ether oxygens (including phenoxy) is 2. The third-order valence-electron chi connectivity index (χ3n) is 11.3. The van der Waals surface area contributed by atoms with E-state index in [1.165, 1.54) is 89.9 Å². The maximum Gasteiger partial charge on any atom is 0.200 e. The molecule has 5 rings (SSSR count). The van der Waals surface area contributed by atoms with Crippen LogP contribution in [0.25, 0.3) is 0 Å². The molecule has 2 nitrogen and oxygen atoms in total. The average molecular weight is 543 g/mol. The van der Waals surface area contributed by atoms with Gasteiger partial charge in [-0.25, -0.2) is 4.39 Å². The first kappa shape index (κ1) is 29.1. The van der Waals surface area contributed by atoms with E-state index in [-0.39, 0.29) is 17.8 Å². The van der Waals surface area contributed by atoms with Gasteiger partial charge in [0.25, 0.3) is 0 Å².